The van der Waals surface area contributed by atoms with Crippen molar-refractivity contribution < 1.29 is 19.2 Å². The Labute approximate surface area is 144 Å². The molecule has 130 valence electrons. The van der Waals surface area contributed by atoms with Crippen molar-refractivity contribution in [3.05, 3.63) is 38.9 Å². The summed E-state index contributed by atoms with van der Waals surface area (Å²) < 4.78 is 5.04. The van der Waals surface area contributed by atoms with Gasteiger partial charge in [0.25, 0.3) is 11.6 Å². The van der Waals surface area contributed by atoms with E-state index in [0.29, 0.717) is 0 Å². The fraction of sp³-hybridized carbons (Fsp3) is 0.500. The van der Waals surface area contributed by atoms with Crippen LogP contribution in [-0.4, -0.2) is 40.4 Å². The molecule has 1 aliphatic heterocycles. The molecule has 1 saturated heterocycles. The van der Waals surface area contributed by atoms with Gasteiger partial charge in [0.2, 0.25) is 0 Å². The van der Waals surface area contributed by atoms with E-state index in [9.17, 15) is 19.7 Å². The van der Waals surface area contributed by atoms with E-state index >= 15 is 0 Å². The van der Waals surface area contributed by atoms with Crippen LogP contribution in [0.15, 0.2) is 18.2 Å². The Hall–Kier alpha value is -2.15. The lowest BCUT2D eigenvalue weighted by Gasteiger charge is -2.38. The number of likely N-dealkylation sites (tertiary alicyclic amines) is 1. The van der Waals surface area contributed by atoms with Crippen LogP contribution in [-0.2, 0) is 9.53 Å². The topological polar surface area (TPSA) is 89.8 Å². The minimum atomic E-state index is -0.777. The number of hydrogen-bond donors (Lipinski definition) is 0. The van der Waals surface area contributed by atoms with E-state index in [1.54, 1.807) is 4.90 Å². The Morgan fingerprint density at radius 1 is 1.33 bits per heavy atom. The standard InChI is InChI=1S/C16H19ClN2O5/c1-10-4-3-5-11(2)18(10)15(20)9-24-16(21)13-7-6-12(19(22)23)8-14(13)17/h6-8,10-11H,3-5,9H2,1-2H3/t10-,11-/m0/s1. The van der Waals surface area contributed by atoms with Gasteiger partial charge in [-0.2, -0.15) is 0 Å². The highest BCUT2D eigenvalue weighted by Gasteiger charge is 2.29. The molecule has 7 nitrogen and oxygen atoms in total. The molecule has 0 spiro atoms. The van der Waals surface area contributed by atoms with Gasteiger partial charge >= 0.3 is 5.97 Å². The number of piperidine rings is 1. The summed E-state index contributed by atoms with van der Waals surface area (Å²) in [6.45, 7) is 3.58. The lowest BCUT2D eigenvalue weighted by Crippen LogP contribution is -2.49. The van der Waals surface area contributed by atoms with E-state index in [1.165, 1.54) is 12.1 Å². The van der Waals surface area contributed by atoms with Crippen LogP contribution in [0, 0.1) is 10.1 Å². The van der Waals surface area contributed by atoms with E-state index in [4.69, 9.17) is 16.3 Å². The van der Waals surface area contributed by atoms with Crippen molar-refractivity contribution >= 4 is 29.2 Å². The van der Waals surface area contributed by atoms with E-state index < -0.39 is 10.9 Å². The second-order valence-electron chi connectivity index (χ2n) is 5.93. The molecule has 1 aromatic carbocycles. The second kappa shape index (κ2) is 7.61. The van der Waals surface area contributed by atoms with Gasteiger partial charge in [-0.15, -0.1) is 0 Å². The zero-order valence-electron chi connectivity index (χ0n) is 13.5. The van der Waals surface area contributed by atoms with E-state index in [0.717, 1.165) is 25.3 Å². The molecule has 24 heavy (non-hydrogen) atoms. The summed E-state index contributed by atoms with van der Waals surface area (Å²) in [5.41, 5.74) is -0.224. The van der Waals surface area contributed by atoms with E-state index in [2.05, 4.69) is 0 Å². The molecule has 0 aromatic heterocycles. The van der Waals surface area contributed by atoms with Gasteiger partial charge in [-0.05, 0) is 39.2 Å². The third-order valence-corrected chi connectivity index (χ3v) is 4.50. The summed E-state index contributed by atoms with van der Waals surface area (Å²) in [5, 5.41) is 10.6. The molecule has 2 rings (SSSR count). The highest BCUT2D eigenvalue weighted by molar-refractivity contribution is 6.33. The van der Waals surface area contributed by atoms with Crippen LogP contribution in [0.1, 0.15) is 43.5 Å². The first-order chi connectivity index (χ1) is 11.3. The maximum atomic E-state index is 12.3. The molecule has 0 aliphatic carbocycles. The van der Waals surface area contributed by atoms with Gasteiger partial charge in [0.15, 0.2) is 6.61 Å². The van der Waals surface area contributed by atoms with Crippen LogP contribution in [0.4, 0.5) is 5.69 Å². The number of nitrogens with zero attached hydrogens (tertiary/aromatic N) is 2. The molecule has 0 unspecified atom stereocenters. The van der Waals surface area contributed by atoms with Gasteiger partial charge in [-0.25, -0.2) is 4.79 Å². The van der Waals surface area contributed by atoms with Crippen molar-refractivity contribution in [1.82, 2.24) is 4.90 Å². The highest BCUT2D eigenvalue weighted by atomic mass is 35.5. The van der Waals surface area contributed by atoms with Crippen LogP contribution in [0.25, 0.3) is 0 Å². The number of carbonyl (C=O) groups excluding carboxylic acids is 2. The second-order valence-corrected chi connectivity index (χ2v) is 6.33. The molecule has 0 saturated carbocycles. The molecule has 0 bridgehead atoms. The molecule has 1 fully saturated rings. The van der Waals surface area contributed by atoms with Gasteiger partial charge in [-0.3, -0.25) is 14.9 Å². The molecule has 1 amide bonds. The predicted octanol–water partition coefficient (Wildman–Crippen LogP) is 3.19. The first-order valence-electron chi connectivity index (χ1n) is 7.73. The molecule has 8 heteroatoms. The van der Waals surface area contributed by atoms with Crippen molar-refractivity contribution in [2.45, 2.75) is 45.2 Å². The summed E-state index contributed by atoms with van der Waals surface area (Å²) in [6, 6.07) is 3.69. The molecular weight excluding hydrogens is 336 g/mol. The number of carbonyl (C=O) groups is 2. The number of nitro benzene ring substituents is 1. The number of ether oxygens (including phenoxy) is 1. The van der Waals surface area contributed by atoms with Gasteiger partial charge in [0.1, 0.15) is 0 Å². The average Bonchev–Trinajstić information content (AvgIpc) is 2.52. The smallest absolute Gasteiger partial charge is 0.340 e. The summed E-state index contributed by atoms with van der Waals surface area (Å²) in [6.07, 6.45) is 2.93. The molecule has 0 radical (unpaired) electrons. The zero-order chi connectivity index (χ0) is 17.9. The number of nitro groups is 1. The molecule has 1 aliphatic rings. The quantitative estimate of drug-likeness (QED) is 0.470. The Morgan fingerprint density at radius 3 is 2.50 bits per heavy atom. The number of rotatable bonds is 4. The van der Waals surface area contributed by atoms with Crippen molar-refractivity contribution in [3.8, 4) is 0 Å². The summed E-state index contributed by atoms with van der Waals surface area (Å²) >= 11 is 5.88. The van der Waals surface area contributed by atoms with Crippen molar-refractivity contribution in [2.75, 3.05) is 6.61 Å². The summed E-state index contributed by atoms with van der Waals surface area (Å²) in [4.78, 5) is 36.2. The minimum Gasteiger partial charge on any atom is -0.452 e. The molecule has 0 N–H and O–H groups in total. The molecule has 1 heterocycles. The molecule has 2 atom stereocenters. The van der Waals surface area contributed by atoms with Gasteiger partial charge < -0.3 is 9.64 Å². The Morgan fingerprint density at radius 2 is 1.96 bits per heavy atom. The largest absolute Gasteiger partial charge is 0.452 e. The number of benzene rings is 1. The van der Waals surface area contributed by atoms with Crippen LogP contribution in [0.3, 0.4) is 0 Å². The highest BCUT2D eigenvalue weighted by Crippen LogP contribution is 2.24. The van der Waals surface area contributed by atoms with Gasteiger partial charge in [0, 0.05) is 24.2 Å². The van der Waals surface area contributed by atoms with E-state index in [-0.39, 0.29) is 40.9 Å². The lowest BCUT2D eigenvalue weighted by atomic mass is 9.97. The van der Waals surface area contributed by atoms with Crippen LogP contribution < -0.4 is 0 Å². The fourth-order valence-corrected chi connectivity index (χ4v) is 3.23. The zero-order valence-corrected chi connectivity index (χ0v) is 14.3. The minimum absolute atomic E-state index is 0.00481. The van der Waals surface area contributed by atoms with Crippen molar-refractivity contribution in [2.24, 2.45) is 0 Å². The number of esters is 1. The van der Waals surface area contributed by atoms with Crippen LogP contribution >= 0.6 is 11.6 Å². The first kappa shape index (κ1) is 18.2. The van der Waals surface area contributed by atoms with Gasteiger partial charge in [-0.1, -0.05) is 11.6 Å². The Bertz CT molecular complexity index is 654. The summed E-state index contributed by atoms with van der Waals surface area (Å²) in [7, 11) is 0. The monoisotopic (exact) mass is 354 g/mol. The maximum absolute atomic E-state index is 12.3. The third kappa shape index (κ3) is 4.03. The number of non-ortho nitro benzene ring substituents is 1. The number of halogens is 1. The van der Waals surface area contributed by atoms with Crippen LogP contribution in [0.2, 0.25) is 5.02 Å². The first-order valence-corrected chi connectivity index (χ1v) is 8.11. The normalized spacial score (nSPS) is 20.5. The van der Waals surface area contributed by atoms with E-state index in [1.807, 2.05) is 13.8 Å². The summed E-state index contributed by atoms with van der Waals surface area (Å²) in [5.74, 6) is -1.03. The maximum Gasteiger partial charge on any atom is 0.340 e. The Balaban J connectivity index is 2.00. The van der Waals surface area contributed by atoms with Crippen molar-refractivity contribution in [3.63, 3.8) is 0 Å². The molecular formula is C16H19ClN2O5. The number of hydrogen-bond acceptors (Lipinski definition) is 5. The SMILES string of the molecule is C[C@H]1CCC[C@H](C)N1C(=O)COC(=O)c1ccc([N+](=O)[O-])cc1Cl. The Kier molecular flexibility index (Phi) is 5.77. The average molecular weight is 355 g/mol. The van der Waals surface area contributed by atoms with Crippen LogP contribution in [0.5, 0.6) is 0 Å². The van der Waals surface area contributed by atoms with Crippen molar-refractivity contribution in [1.29, 1.82) is 0 Å². The fourth-order valence-electron chi connectivity index (χ4n) is 2.98. The predicted molar refractivity (Wildman–Crippen MR) is 88.0 cm³/mol. The third-order valence-electron chi connectivity index (χ3n) is 4.19. The molecule has 1 aromatic rings. The van der Waals surface area contributed by atoms with Gasteiger partial charge in [0.05, 0.1) is 15.5 Å². The number of amides is 1. The lowest BCUT2D eigenvalue weighted by molar-refractivity contribution is -0.384.